The normalized spacial score (nSPS) is 11.5. The average molecular weight is 297 g/mol. The number of aryl methyl sites for hydroxylation is 1. The fourth-order valence-electron chi connectivity index (χ4n) is 1.68. The highest BCUT2D eigenvalue weighted by atomic mass is 32.2. The molecule has 2 aromatic rings. The van der Waals surface area contributed by atoms with Gasteiger partial charge in [-0.25, -0.2) is 13.6 Å². The first kappa shape index (κ1) is 13.9. The van der Waals surface area contributed by atoms with E-state index in [4.69, 9.17) is 10.9 Å². The van der Waals surface area contributed by atoms with Crippen LogP contribution in [0.5, 0.6) is 0 Å². The highest BCUT2D eigenvalue weighted by Crippen LogP contribution is 2.22. The lowest BCUT2D eigenvalue weighted by Crippen LogP contribution is -2.14. The second-order valence-electron chi connectivity index (χ2n) is 4.23. The van der Waals surface area contributed by atoms with Gasteiger partial charge >= 0.3 is 0 Å². The molecular weight excluding hydrogens is 282 g/mol. The van der Waals surface area contributed by atoms with E-state index in [1.54, 1.807) is 23.5 Å². The number of benzene rings is 1. The van der Waals surface area contributed by atoms with E-state index in [1.807, 2.05) is 6.92 Å². The molecule has 1 aromatic heterocycles. The first-order valence-corrected chi connectivity index (χ1v) is 8.04. The summed E-state index contributed by atoms with van der Waals surface area (Å²) in [5, 5.41) is 12.4. The maximum absolute atomic E-state index is 11.2. The number of nitrogen functional groups attached to an aromatic ring is 1. The Balaban J connectivity index is 2.15. The smallest absolute Gasteiger partial charge is 0.240 e. The number of hydrogen-bond acceptors (Lipinski definition) is 5. The van der Waals surface area contributed by atoms with Gasteiger partial charge in [0.25, 0.3) is 0 Å². The molecule has 0 fully saturated rings. The molecule has 0 amide bonds. The zero-order valence-corrected chi connectivity index (χ0v) is 12.0. The molecule has 2 rings (SSSR count). The Hall–Kier alpha value is -1.57. The molecule has 0 radical (unpaired) electrons. The third-order valence-corrected chi connectivity index (χ3v) is 4.66. The molecule has 0 saturated heterocycles. The zero-order valence-electron chi connectivity index (χ0n) is 10.4. The highest BCUT2D eigenvalue weighted by Gasteiger charge is 2.12. The Bertz CT molecular complexity index is 693. The molecular formula is C12H15N3O2S2. The molecule has 5 N–H and O–H groups in total. The Kier molecular flexibility index (Phi) is 3.79. The summed E-state index contributed by atoms with van der Waals surface area (Å²) < 4.78 is 22.5. The van der Waals surface area contributed by atoms with Gasteiger partial charge in [0, 0.05) is 12.2 Å². The second kappa shape index (κ2) is 5.20. The van der Waals surface area contributed by atoms with Gasteiger partial charge in [0.15, 0.2) is 0 Å². The van der Waals surface area contributed by atoms with E-state index in [-0.39, 0.29) is 10.6 Å². The fraction of sp³-hybridized carbons (Fsp3) is 0.167. The number of sulfonamides is 1. The summed E-state index contributed by atoms with van der Waals surface area (Å²) >= 11 is 1.65. The third kappa shape index (κ3) is 3.25. The summed E-state index contributed by atoms with van der Waals surface area (Å²) in [5.41, 5.74) is 9.03. The molecule has 0 spiro atoms. The molecule has 0 aliphatic carbocycles. The van der Waals surface area contributed by atoms with Gasteiger partial charge in [-0.15, -0.1) is 0 Å². The van der Waals surface area contributed by atoms with Crippen molar-refractivity contribution in [3.63, 3.8) is 0 Å². The van der Waals surface area contributed by atoms with Crippen LogP contribution in [-0.2, 0) is 16.6 Å². The van der Waals surface area contributed by atoms with Crippen LogP contribution in [0, 0.1) is 6.92 Å². The molecule has 7 heteroatoms. The van der Waals surface area contributed by atoms with Gasteiger partial charge in [0.1, 0.15) is 4.90 Å². The maximum Gasteiger partial charge on any atom is 0.240 e. The van der Waals surface area contributed by atoms with Crippen LogP contribution in [0.25, 0.3) is 0 Å². The molecule has 102 valence electrons. The molecule has 1 aromatic carbocycles. The van der Waals surface area contributed by atoms with E-state index in [9.17, 15) is 8.42 Å². The van der Waals surface area contributed by atoms with Crippen molar-refractivity contribution in [2.45, 2.75) is 18.4 Å². The molecule has 0 aliphatic heterocycles. The summed E-state index contributed by atoms with van der Waals surface area (Å²) in [7, 11) is -3.77. The van der Waals surface area contributed by atoms with Crippen molar-refractivity contribution in [1.82, 2.24) is 0 Å². The summed E-state index contributed by atoms with van der Waals surface area (Å²) in [6.45, 7) is 2.72. The topological polar surface area (TPSA) is 98.2 Å². The van der Waals surface area contributed by atoms with Crippen LogP contribution in [-0.4, -0.2) is 8.42 Å². The SMILES string of the molecule is Cc1cscc1CNc1ccc(S(N)(=O)=O)c(N)c1. The van der Waals surface area contributed by atoms with Crippen LogP contribution in [0.4, 0.5) is 11.4 Å². The van der Waals surface area contributed by atoms with Gasteiger partial charge in [-0.1, -0.05) is 0 Å². The standard InChI is InChI=1S/C12H15N3O2S2/c1-8-6-18-7-9(8)5-15-10-2-3-12(11(13)4-10)19(14,16)17/h2-4,6-7,15H,5,13H2,1H3,(H2,14,16,17). The zero-order chi connectivity index (χ0) is 14.0. The minimum absolute atomic E-state index is 0.0511. The molecule has 0 aliphatic rings. The Morgan fingerprint density at radius 3 is 2.58 bits per heavy atom. The largest absolute Gasteiger partial charge is 0.398 e. The lowest BCUT2D eigenvalue weighted by Gasteiger charge is -2.09. The van der Waals surface area contributed by atoms with Crippen molar-refractivity contribution in [2.24, 2.45) is 5.14 Å². The second-order valence-corrected chi connectivity index (χ2v) is 6.50. The lowest BCUT2D eigenvalue weighted by atomic mass is 10.2. The van der Waals surface area contributed by atoms with Crippen LogP contribution >= 0.6 is 11.3 Å². The van der Waals surface area contributed by atoms with Gasteiger partial charge in [-0.05, 0) is 47.0 Å². The quantitative estimate of drug-likeness (QED) is 0.751. The summed E-state index contributed by atoms with van der Waals surface area (Å²) in [4.78, 5) is -0.0511. The van der Waals surface area contributed by atoms with Crippen molar-refractivity contribution in [1.29, 1.82) is 0 Å². The van der Waals surface area contributed by atoms with Crippen molar-refractivity contribution in [3.05, 3.63) is 40.1 Å². The van der Waals surface area contributed by atoms with E-state index >= 15 is 0 Å². The molecule has 0 unspecified atom stereocenters. The first-order chi connectivity index (χ1) is 8.88. The average Bonchev–Trinajstić information content (AvgIpc) is 2.70. The Labute approximate surface area is 116 Å². The summed E-state index contributed by atoms with van der Waals surface area (Å²) in [5.74, 6) is 0. The van der Waals surface area contributed by atoms with Crippen molar-refractivity contribution >= 4 is 32.7 Å². The number of nitrogens with one attached hydrogen (secondary N) is 1. The molecule has 0 bridgehead atoms. The van der Waals surface area contributed by atoms with Crippen LogP contribution in [0.3, 0.4) is 0 Å². The number of thiophene rings is 1. The molecule has 1 heterocycles. The Morgan fingerprint density at radius 2 is 2.05 bits per heavy atom. The van der Waals surface area contributed by atoms with Gasteiger partial charge < -0.3 is 11.1 Å². The predicted octanol–water partition coefficient (Wildman–Crippen LogP) is 1.90. The van der Waals surface area contributed by atoms with E-state index < -0.39 is 10.0 Å². The predicted molar refractivity (Wildman–Crippen MR) is 78.6 cm³/mol. The van der Waals surface area contributed by atoms with Crippen LogP contribution in [0.15, 0.2) is 33.9 Å². The molecule has 5 nitrogen and oxygen atoms in total. The fourth-order valence-corrected chi connectivity index (χ4v) is 3.18. The van der Waals surface area contributed by atoms with Crippen molar-refractivity contribution < 1.29 is 8.42 Å². The maximum atomic E-state index is 11.2. The minimum atomic E-state index is -3.77. The van der Waals surface area contributed by atoms with Crippen LogP contribution < -0.4 is 16.2 Å². The van der Waals surface area contributed by atoms with Crippen molar-refractivity contribution in [2.75, 3.05) is 11.1 Å². The minimum Gasteiger partial charge on any atom is -0.398 e. The van der Waals surface area contributed by atoms with Crippen LogP contribution in [0.1, 0.15) is 11.1 Å². The summed E-state index contributed by atoms with van der Waals surface area (Å²) in [6, 6.07) is 4.63. The van der Waals surface area contributed by atoms with Gasteiger partial charge in [0.05, 0.1) is 5.69 Å². The Morgan fingerprint density at radius 1 is 1.32 bits per heavy atom. The number of rotatable bonds is 4. The molecule has 0 saturated carbocycles. The third-order valence-electron chi connectivity index (χ3n) is 2.76. The van der Waals surface area contributed by atoms with E-state index in [0.717, 1.165) is 5.69 Å². The number of anilines is 2. The molecule has 0 atom stereocenters. The van der Waals surface area contributed by atoms with Gasteiger partial charge in [-0.2, -0.15) is 11.3 Å². The van der Waals surface area contributed by atoms with Gasteiger partial charge in [0.2, 0.25) is 10.0 Å². The summed E-state index contributed by atoms with van der Waals surface area (Å²) in [6.07, 6.45) is 0. The molecule has 19 heavy (non-hydrogen) atoms. The van der Waals surface area contributed by atoms with E-state index in [1.165, 1.54) is 17.2 Å². The highest BCUT2D eigenvalue weighted by molar-refractivity contribution is 7.89. The number of hydrogen-bond donors (Lipinski definition) is 3. The van der Waals surface area contributed by atoms with Crippen LogP contribution in [0.2, 0.25) is 0 Å². The van der Waals surface area contributed by atoms with E-state index in [2.05, 4.69) is 16.1 Å². The number of nitrogens with two attached hydrogens (primary N) is 2. The monoisotopic (exact) mass is 297 g/mol. The first-order valence-electron chi connectivity index (χ1n) is 5.56. The number of primary sulfonamides is 1. The van der Waals surface area contributed by atoms with Crippen molar-refractivity contribution in [3.8, 4) is 0 Å². The van der Waals surface area contributed by atoms with Gasteiger partial charge in [-0.3, -0.25) is 0 Å². The van der Waals surface area contributed by atoms with E-state index in [0.29, 0.717) is 6.54 Å². The lowest BCUT2D eigenvalue weighted by molar-refractivity contribution is 0.598.